The number of aliphatic hydroxyl groups excluding tert-OH is 1. The highest BCUT2D eigenvalue weighted by molar-refractivity contribution is 5.89. The van der Waals surface area contributed by atoms with Gasteiger partial charge in [-0.1, -0.05) is 0 Å². The number of hydrogen-bond donors (Lipinski definition) is 2. The first-order valence-electron chi connectivity index (χ1n) is 6.57. The number of likely N-dealkylation sites (tertiary alicyclic amines) is 1. The second-order valence-corrected chi connectivity index (χ2v) is 4.73. The molecule has 1 atom stereocenters. The zero-order valence-electron chi connectivity index (χ0n) is 11.3. The average Bonchev–Trinajstić information content (AvgIpc) is 2.80. The number of aryl methyl sites for hydroxylation is 1. The van der Waals surface area contributed by atoms with E-state index >= 15 is 0 Å². The second kappa shape index (κ2) is 5.93. The summed E-state index contributed by atoms with van der Waals surface area (Å²) < 4.78 is 5.45. The van der Waals surface area contributed by atoms with Crippen LogP contribution in [0, 0.1) is 6.92 Å². The van der Waals surface area contributed by atoms with Gasteiger partial charge in [0.15, 0.2) is 0 Å². The smallest absolute Gasteiger partial charge is 0.321 e. The highest BCUT2D eigenvalue weighted by Crippen LogP contribution is 2.22. The first-order chi connectivity index (χ1) is 9.10. The molecular formula is C14H20N2O3. The molecule has 0 radical (unpaired) electrons. The minimum atomic E-state index is -0.396. The lowest BCUT2D eigenvalue weighted by Crippen LogP contribution is -2.33. The number of carbonyl (C=O) groups excluding carboxylic acids is 1. The Kier molecular flexibility index (Phi) is 4.27. The van der Waals surface area contributed by atoms with Crippen LogP contribution in [0.2, 0.25) is 0 Å². The number of β-amino-alcohol motifs (C(OH)–C–C–N with tert-alkyl or cyclic N) is 1. The van der Waals surface area contributed by atoms with E-state index in [4.69, 9.17) is 4.74 Å². The van der Waals surface area contributed by atoms with Gasteiger partial charge in [-0.3, -0.25) is 0 Å². The number of rotatable bonds is 3. The van der Waals surface area contributed by atoms with Crippen LogP contribution >= 0.6 is 0 Å². The van der Waals surface area contributed by atoms with Crippen molar-refractivity contribution >= 4 is 11.7 Å². The normalized spacial score (nSPS) is 18.5. The molecule has 1 aromatic rings. The fourth-order valence-corrected chi connectivity index (χ4v) is 2.17. The quantitative estimate of drug-likeness (QED) is 0.877. The van der Waals surface area contributed by atoms with Crippen LogP contribution in [-0.2, 0) is 0 Å². The van der Waals surface area contributed by atoms with E-state index in [1.807, 2.05) is 32.0 Å². The first kappa shape index (κ1) is 13.7. The fourth-order valence-electron chi connectivity index (χ4n) is 2.17. The van der Waals surface area contributed by atoms with Gasteiger partial charge < -0.3 is 20.1 Å². The molecule has 2 amide bonds. The molecule has 5 heteroatoms. The Morgan fingerprint density at radius 3 is 2.95 bits per heavy atom. The third-order valence-corrected chi connectivity index (χ3v) is 3.18. The molecule has 2 N–H and O–H groups in total. The Morgan fingerprint density at radius 1 is 1.58 bits per heavy atom. The van der Waals surface area contributed by atoms with Crippen molar-refractivity contribution in [3.8, 4) is 5.75 Å². The molecular weight excluding hydrogens is 244 g/mol. The molecule has 0 aliphatic carbocycles. The molecule has 0 bridgehead atoms. The van der Waals surface area contributed by atoms with Crippen molar-refractivity contribution < 1.29 is 14.6 Å². The molecule has 1 saturated heterocycles. The molecule has 1 aliphatic rings. The average molecular weight is 264 g/mol. The lowest BCUT2D eigenvalue weighted by molar-refractivity contribution is 0.176. The van der Waals surface area contributed by atoms with Crippen LogP contribution in [0.5, 0.6) is 5.75 Å². The van der Waals surface area contributed by atoms with Gasteiger partial charge in [0.2, 0.25) is 0 Å². The number of benzene rings is 1. The van der Waals surface area contributed by atoms with Crippen molar-refractivity contribution in [1.29, 1.82) is 0 Å². The van der Waals surface area contributed by atoms with Crippen molar-refractivity contribution in [3.63, 3.8) is 0 Å². The Balaban J connectivity index is 1.99. The van der Waals surface area contributed by atoms with Crippen LogP contribution in [0.4, 0.5) is 10.5 Å². The number of anilines is 1. The maximum absolute atomic E-state index is 12.0. The summed E-state index contributed by atoms with van der Waals surface area (Å²) in [6.45, 7) is 5.51. The summed E-state index contributed by atoms with van der Waals surface area (Å²) in [7, 11) is 0. The number of nitrogens with zero attached hydrogens (tertiary/aromatic N) is 1. The molecule has 19 heavy (non-hydrogen) atoms. The fraction of sp³-hybridized carbons (Fsp3) is 0.500. The number of amides is 2. The summed E-state index contributed by atoms with van der Waals surface area (Å²) in [5.41, 5.74) is 1.73. The lowest BCUT2D eigenvalue weighted by Gasteiger charge is -2.17. The van der Waals surface area contributed by atoms with Crippen LogP contribution in [0.3, 0.4) is 0 Å². The van der Waals surface area contributed by atoms with E-state index in [1.165, 1.54) is 0 Å². The van der Waals surface area contributed by atoms with Gasteiger partial charge in [0.05, 0.1) is 12.7 Å². The third-order valence-electron chi connectivity index (χ3n) is 3.18. The summed E-state index contributed by atoms with van der Waals surface area (Å²) in [6, 6.07) is 5.39. The summed E-state index contributed by atoms with van der Waals surface area (Å²) in [5.74, 6) is 0.831. The molecule has 1 aliphatic heterocycles. The molecule has 1 aromatic carbocycles. The molecule has 5 nitrogen and oxygen atoms in total. The number of urea groups is 1. The summed E-state index contributed by atoms with van der Waals surface area (Å²) in [4.78, 5) is 13.6. The highest BCUT2D eigenvalue weighted by Gasteiger charge is 2.24. The largest absolute Gasteiger partial charge is 0.494 e. The number of hydrogen-bond acceptors (Lipinski definition) is 3. The maximum atomic E-state index is 12.0. The predicted molar refractivity (Wildman–Crippen MR) is 73.6 cm³/mol. The van der Waals surface area contributed by atoms with E-state index in [0.29, 0.717) is 26.1 Å². The van der Waals surface area contributed by atoms with Gasteiger partial charge in [0, 0.05) is 18.8 Å². The first-order valence-corrected chi connectivity index (χ1v) is 6.57. The van der Waals surface area contributed by atoms with Crippen molar-refractivity contribution in [2.45, 2.75) is 26.4 Å². The van der Waals surface area contributed by atoms with Gasteiger partial charge in [0.25, 0.3) is 0 Å². The van der Waals surface area contributed by atoms with Crippen molar-refractivity contribution in [2.24, 2.45) is 0 Å². The van der Waals surface area contributed by atoms with Crippen molar-refractivity contribution in [3.05, 3.63) is 23.8 Å². The van der Waals surface area contributed by atoms with Gasteiger partial charge >= 0.3 is 6.03 Å². The van der Waals surface area contributed by atoms with E-state index in [2.05, 4.69) is 5.32 Å². The van der Waals surface area contributed by atoms with Crippen LogP contribution in [0.15, 0.2) is 18.2 Å². The monoisotopic (exact) mass is 264 g/mol. The molecule has 104 valence electrons. The summed E-state index contributed by atoms with van der Waals surface area (Å²) in [6.07, 6.45) is 0.253. The maximum Gasteiger partial charge on any atom is 0.321 e. The number of nitrogens with one attached hydrogen (secondary N) is 1. The molecule has 1 heterocycles. The van der Waals surface area contributed by atoms with Gasteiger partial charge in [0.1, 0.15) is 5.75 Å². The summed E-state index contributed by atoms with van der Waals surface area (Å²) >= 11 is 0. The van der Waals surface area contributed by atoms with Crippen LogP contribution < -0.4 is 10.1 Å². The van der Waals surface area contributed by atoms with Crippen LogP contribution in [0.1, 0.15) is 18.9 Å². The SMILES string of the molecule is CCOc1ccc(NC(=O)N2CCC(O)C2)cc1C. The lowest BCUT2D eigenvalue weighted by atomic mass is 10.2. The predicted octanol–water partition coefficient (Wildman–Crippen LogP) is 1.99. The summed E-state index contributed by atoms with van der Waals surface area (Å²) in [5, 5.41) is 12.3. The highest BCUT2D eigenvalue weighted by atomic mass is 16.5. The second-order valence-electron chi connectivity index (χ2n) is 4.73. The van der Waals surface area contributed by atoms with Crippen LogP contribution in [-0.4, -0.2) is 41.8 Å². The van der Waals surface area contributed by atoms with Gasteiger partial charge in [-0.25, -0.2) is 4.79 Å². The van der Waals surface area contributed by atoms with Crippen LogP contribution in [0.25, 0.3) is 0 Å². The van der Waals surface area contributed by atoms with E-state index in [9.17, 15) is 9.90 Å². The molecule has 1 unspecified atom stereocenters. The topological polar surface area (TPSA) is 61.8 Å². The van der Waals surface area contributed by atoms with Gasteiger partial charge in [-0.15, -0.1) is 0 Å². The van der Waals surface area contributed by atoms with Gasteiger partial charge in [-0.2, -0.15) is 0 Å². The van der Waals surface area contributed by atoms with Gasteiger partial charge in [-0.05, 0) is 44.0 Å². The molecule has 2 rings (SSSR count). The van der Waals surface area contributed by atoms with E-state index in [-0.39, 0.29) is 6.03 Å². The Morgan fingerprint density at radius 2 is 2.37 bits per heavy atom. The molecule has 0 spiro atoms. The zero-order chi connectivity index (χ0) is 13.8. The van der Waals surface area contributed by atoms with Crippen molar-refractivity contribution in [2.75, 3.05) is 25.0 Å². The minimum Gasteiger partial charge on any atom is -0.494 e. The number of carbonyl (C=O) groups is 1. The van der Waals surface area contributed by atoms with E-state index in [0.717, 1.165) is 17.0 Å². The number of ether oxygens (including phenoxy) is 1. The Hall–Kier alpha value is -1.75. The van der Waals surface area contributed by atoms with E-state index < -0.39 is 6.10 Å². The minimum absolute atomic E-state index is 0.167. The zero-order valence-corrected chi connectivity index (χ0v) is 11.3. The Bertz CT molecular complexity index is 462. The van der Waals surface area contributed by atoms with Crippen molar-refractivity contribution in [1.82, 2.24) is 4.90 Å². The number of aliphatic hydroxyl groups is 1. The molecule has 0 aromatic heterocycles. The standard InChI is InChI=1S/C14H20N2O3/c1-3-19-13-5-4-11(8-10(13)2)15-14(18)16-7-6-12(17)9-16/h4-5,8,12,17H,3,6-7,9H2,1-2H3,(H,15,18). The van der Waals surface area contributed by atoms with E-state index in [1.54, 1.807) is 4.90 Å². The molecule has 1 fully saturated rings. The third kappa shape index (κ3) is 3.38. The molecule has 0 saturated carbocycles. The Labute approximate surface area is 113 Å².